The maximum absolute atomic E-state index is 5.90. The molecule has 0 aromatic carbocycles. The molecule has 0 saturated heterocycles. The first-order valence-corrected chi connectivity index (χ1v) is 5.53. The van der Waals surface area contributed by atoms with Crippen molar-refractivity contribution in [2.24, 2.45) is 11.1 Å². The lowest BCUT2D eigenvalue weighted by atomic mass is 9.87. The summed E-state index contributed by atoms with van der Waals surface area (Å²) in [6, 6.07) is 0.789. The number of nitrogens with two attached hydrogens (primary N) is 1. The van der Waals surface area contributed by atoms with E-state index in [9.17, 15) is 0 Å². The second kappa shape index (κ2) is 2.96. The Kier molecular flexibility index (Phi) is 2.16. The van der Waals surface area contributed by atoms with Gasteiger partial charge in [-0.05, 0) is 37.5 Å². The number of hydrogen-bond acceptors (Lipinski definition) is 2. The zero-order chi connectivity index (χ0) is 9.53. The van der Waals surface area contributed by atoms with Crippen molar-refractivity contribution in [1.82, 2.24) is 5.32 Å². The van der Waals surface area contributed by atoms with Crippen LogP contribution in [0.1, 0.15) is 46.0 Å². The summed E-state index contributed by atoms with van der Waals surface area (Å²) in [5, 5.41) is 3.75. The first-order chi connectivity index (χ1) is 6.05. The molecule has 2 fully saturated rings. The van der Waals surface area contributed by atoms with Crippen LogP contribution in [0.3, 0.4) is 0 Å². The summed E-state index contributed by atoms with van der Waals surface area (Å²) in [6.07, 6.45) is 6.58. The summed E-state index contributed by atoms with van der Waals surface area (Å²) in [4.78, 5) is 0. The summed E-state index contributed by atoms with van der Waals surface area (Å²) >= 11 is 0. The maximum atomic E-state index is 5.90. The van der Waals surface area contributed by atoms with Crippen molar-refractivity contribution in [3.63, 3.8) is 0 Å². The lowest BCUT2D eigenvalue weighted by Gasteiger charge is -2.31. The van der Waals surface area contributed by atoms with Crippen LogP contribution in [-0.2, 0) is 0 Å². The van der Waals surface area contributed by atoms with E-state index < -0.39 is 0 Å². The van der Waals surface area contributed by atoms with Crippen LogP contribution in [-0.4, -0.2) is 18.1 Å². The van der Waals surface area contributed by atoms with Gasteiger partial charge in [-0.3, -0.25) is 0 Å². The Morgan fingerprint density at radius 2 is 2.00 bits per heavy atom. The highest BCUT2D eigenvalue weighted by Crippen LogP contribution is 2.44. The lowest BCUT2D eigenvalue weighted by molar-refractivity contribution is 0.288. The average Bonchev–Trinajstić information content (AvgIpc) is 2.78. The van der Waals surface area contributed by atoms with Crippen molar-refractivity contribution < 1.29 is 0 Å². The molecule has 13 heavy (non-hydrogen) atoms. The summed E-state index contributed by atoms with van der Waals surface area (Å²) < 4.78 is 0. The number of hydrogen-bond donors (Lipinski definition) is 2. The van der Waals surface area contributed by atoms with Gasteiger partial charge in [0.05, 0.1) is 0 Å². The minimum absolute atomic E-state index is 0.282. The van der Waals surface area contributed by atoms with E-state index >= 15 is 0 Å². The van der Waals surface area contributed by atoms with Gasteiger partial charge in [-0.25, -0.2) is 0 Å². The van der Waals surface area contributed by atoms with Gasteiger partial charge in [0.15, 0.2) is 0 Å². The number of rotatable bonds is 3. The Balaban J connectivity index is 1.99. The Morgan fingerprint density at radius 3 is 2.38 bits per heavy atom. The van der Waals surface area contributed by atoms with Gasteiger partial charge in [-0.2, -0.15) is 0 Å². The van der Waals surface area contributed by atoms with Crippen molar-refractivity contribution in [3.8, 4) is 0 Å². The van der Waals surface area contributed by atoms with E-state index in [1.165, 1.54) is 32.1 Å². The van der Waals surface area contributed by atoms with Gasteiger partial charge in [-0.1, -0.05) is 13.8 Å². The quantitative estimate of drug-likeness (QED) is 0.696. The largest absolute Gasteiger partial charge is 0.329 e. The molecule has 1 atom stereocenters. The summed E-state index contributed by atoms with van der Waals surface area (Å²) in [5.74, 6) is 0. The van der Waals surface area contributed by atoms with Crippen LogP contribution < -0.4 is 11.1 Å². The predicted molar refractivity (Wildman–Crippen MR) is 55.6 cm³/mol. The molecule has 76 valence electrons. The van der Waals surface area contributed by atoms with E-state index in [2.05, 4.69) is 19.2 Å². The average molecular weight is 182 g/mol. The van der Waals surface area contributed by atoms with E-state index in [0.717, 1.165) is 12.6 Å². The van der Waals surface area contributed by atoms with Gasteiger partial charge in [0.2, 0.25) is 0 Å². The molecule has 0 aromatic rings. The van der Waals surface area contributed by atoms with Crippen LogP contribution in [0.25, 0.3) is 0 Å². The Bertz CT molecular complexity index is 196. The van der Waals surface area contributed by atoms with Crippen LogP contribution in [0.15, 0.2) is 0 Å². The highest BCUT2D eigenvalue weighted by Gasteiger charge is 2.44. The Morgan fingerprint density at radius 1 is 1.31 bits per heavy atom. The molecule has 2 aliphatic carbocycles. The van der Waals surface area contributed by atoms with Crippen LogP contribution in [0.2, 0.25) is 0 Å². The van der Waals surface area contributed by atoms with Crippen molar-refractivity contribution in [2.75, 3.05) is 6.54 Å². The molecule has 0 aromatic heterocycles. The third-order valence-corrected chi connectivity index (χ3v) is 3.58. The minimum atomic E-state index is 0.282. The molecule has 0 heterocycles. The minimum Gasteiger partial charge on any atom is -0.329 e. The van der Waals surface area contributed by atoms with E-state index in [4.69, 9.17) is 5.73 Å². The van der Waals surface area contributed by atoms with E-state index in [1.54, 1.807) is 0 Å². The third-order valence-electron chi connectivity index (χ3n) is 3.58. The summed E-state index contributed by atoms with van der Waals surface area (Å²) in [6.45, 7) is 5.53. The van der Waals surface area contributed by atoms with E-state index in [1.807, 2.05) is 0 Å². The zero-order valence-corrected chi connectivity index (χ0v) is 8.90. The summed E-state index contributed by atoms with van der Waals surface area (Å²) in [5.41, 5.74) is 6.69. The molecule has 2 saturated carbocycles. The molecular weight excluding hydrogens is 160 g/mol. The Hall–Kier alpha value is -0.0800. The van der Waals surface area contributed by atoms with Crippen LogP contribution >= 0.6 is 0 Å². The van der Waals surface area contributed by atoms with Crippen LogP contribution in [0, 0.1) is 5.41 Å². The fourth-order valence-electron chi connectivity index (χ4n) is 2.69. The molecular formula is C11H22N2. The predicted octanol–water partition coefficient (Wildman–Crippen LogP) is 1.65. The second-order valence-electron chi connectivity index (χ2n) is 5.74. The van der Waals surface area contributed by atoms with Gasteiger partial charge < -0.3 is 11.1 Å². The van der Waals surface area contributed by atoms with E-state index in [0.29, 0.717) is 5.41 Å². The fourth-order valence-corrected chi connectivity index (χ4v) is 2.69. The first-order valence-electron chi connectivity index (χ1n) is 5.53. The third kappa shape index (κ3) is 2.05. The van der Waals surface area contributed by atoms with Gasteiger partial charge in [0.25, 0.3) is 0 Å². The van der Waals surface area contributed by atoms with Crippen molar-refractivity contribution >= 4 is 0 Å². The highest BCUT2D eigenvalue weighted by molar-refractivity contribution is 5.03. The molecule has 3 N–H and O–H groups in total. The zero-order valence-electron chi connectivity index (χ0n) is 8.90. The smallest absolute Gasteiger partial charge is 0.0311 e. The molecule has 2 heteroatoms. The second-order valence-corrected chi connectivity index (χ2v) is 5.74. The molecule has 0 aliphatic heterocycles. The van der Waals surface area contributed by atoms with E-state index in [-0.39, 0.29) is 5.54 Å². The Labute approximate surface area is 81.3 Å². The van der Waals surface area contributed by atoms with Crippen LogP contribution in [0.5, 0.6) is 0 Å². The summed E-state index contributed by atoms with van der Waals surface area (Å²) in [7, 11) is 0. The molecule has 2 rings (SSSR count). The molecule has 0 amide bonds. The maximum Gasteiger partial charge on any atom is 0.0311 e. The van der Waals surface area contributed by atoms with Gasteiger partial charge in [0, 0.05) is 18.1 Å². The number of nitrogens with one attached hydrogen (secondary N) is 1. The molecule has 0 radical (unpaired) electrons. The SMILES string of the molecule is CC1(C)CCC(CN)(NC2CC2)C1. The topological polar surface area (TPSA) is 38.0 Å². The standard InChI is InChI=1S/C11H22N2/c1-10(2)5-6-11(7-10,8-12)13-9-3-4-9/h9,13H,3-8,12H2,1-2H3. The monoisotopic (exact) mass is 182 g/mol. The molecule has 2 nitrogen and oxygen atoms in total. The molecule has 0 bridgehead atoms. The van der Waals surface area contributed by atoms with Gasteiger partial charge in [-0.15, -0.1) is 0 Å². The lowest BCUT2D eigenvalue weighted by Crippen LogP contribution is -2.50. The van der Waals surface area contributed by atoms with Gasteiger partial charge in [0.1, 0.15) is 0 Å². The van der Waals surface area contributed by atoms with Gasteiger partial charge >= 0.3 is 0 Å². The fraction of sp³-hybridized carbons (Fsp3) is 1.00. The molecule has 0 spiro atoms. The molecule has 1 unspecified atom stereocenters. The molecule has 2 aliphatic rings. The van der Waals surface area contributed by atoms with Crippen molar-refractivity contribution in [2.45, 2.75) is 57.5 Å². The van der Waals surface area contributed by atoms with Crippen LogP contribution in [0.4, 0.5) is 0 Å². The van der Waals surface area contributed by atoms with Crippen molar-refractivity contribution in [3.05, 3.63) is 0 Å². The first kappa shape index (κ1) is 9.47. The highest BCUT2D eigenvalue weighted by atomic mass is 15.1. The van der Waals surface area contributed by atoms with Crippen molar-refractivity contribution in [1.29, 1.82) is 0 Å². The normalized spacial score (nSPS) is 38.1.